The lowest BCUT2D eigenvalue weighted by atomic mass is 9.99. The lowest BCUT2D eigenvalue weighted by molar-refractivity contribution is -0.117. The number of carbonyl (C=O) groups is 3. The Balaban J connectivity index is 1.66. The summed E-state index contributed by atoms with van der Waals surface area (Å²) in [7, 11) is 0. The second kappa shape index (κ2) is 10.9. The van der Waals surface area contributed by atoms with E-state index in [9.17, 15) is 14.4 Å². The van der Waals surface area contributed by atoms with Crippen LogP contribution in [-0.2, 0) is 11.3 Å². The number of carbonyl (C=O) groups excluding carboxylic acids is 3. The minimum atomic E-state index is -0.733. The van der Waals surface area contributed by atoms with E-state index in [1.54, 1.807) is 19.2 Å². The average Bonchev–Trinajstić information content (AvgIpc) is 3.44. The first kappa shape index (κ1) is 24.1. The number of benzene rings is 1. The predicted molar refractivity (Wildman–Crippen MR) is 133 cm³/mol. The van der Waals surface area contributed by atoms with Crippen LogP contribution in [0.15, 0.2) is 48.1 Å². The Morgan fingerprint density at radius 2 is 2.03 bits per heavy atom. The van der Waals surface area contributed by atoms with Gasteiger partial charge in [0.05, 0.1) is 11.3 Å². The summed E-state index contributed by atoms with van der Waals surface area (Å²) >= 11 is 1.28. The number of nitrogens with one attached hydrogen (secondary N) is 2. The van der Waals surface area contributed by atoms with E-state index in [0.717, 1.165) is 24.1 Å². The second-order valence-electron chi connectivity index (χ2n) is 7.72. The molecule has 1 aromatic carbocycles. The molecule has 2 aromatic heterocycles. The van der Waals surface area contributed by atoms with Gasteiger partial charge in [-0.3, -0.25) is 14.4 Å². The third kappa shape index (κ3) is 6.04. The highest BCUT2D eigenvalue weighted by atomic mass is 32.1. The molecule has 0 bridgehead atoms. The number of rotatable bonds is 9. The minimum absolute atomic E-state index is 0.0247. The summed E-state index contributed by atoms with van der Waals surface area (Å²) in [5.41, 5.74) is 3.45. The standard InChI is InChI=1S/C25H28N4O3S/c1-5-7-18-8-9-19(13-21(18)17(4)30)22-15-33-25(27-22)28-23(31)16(3)26-24(32)20-10-12-29(14-20)11-6-2/h5,7-10,12-16H,6,11H2,1-4H3,(H,26,32)(H,27,28,31)/b7-5-. The molecule has 0 aliphatic heterocycles. The zero-order valence-electron chi connectivity index (χ0n) is 19.2. The zero-order chi connectivity index (χ0) is 24.0. The molecule has 2 N–H and O–H groups in total. The van der Waals surface area contributed by atoms with Crippen LogP contribution in [0.3, 0.4) is 0 Å². The Morgan fingerprint density at radius 3 is 2.73 bits per heavy atom. The molecule has 3 aromatic rings. The number of Topliss-reactive ketones (excluding diaryl/α,β-unsaturated/α-hetero) is 1. The van der Waals surface area contributed by atoms with Crippen molar-refractivity contribution in [2.45, 2.75) is 46.7 Å². The fourth-order valence-electron chi connectivity index (χ4n) is 3.34. The molecular formula is C25H28N4O3S. The molecule has 3 rings (SSSR count). The first-order chi connectivity index (χ1) is 15.8. The Morgan fingerprint density at radius 1 is 1.24 bits per heavy atom. The van der Waals surface area contributed by atoms with Gasteiger partial charge in [-0.2, -0.15) is 0 Å². The van der Waals surface area contributed by atoms with Crippen LogP contribution < -0.4 is 10.6 Å². The van der Waals surface area contributed by atoms with E-state index < -0.39 is 6.04 Å². The molecule has 0 spiro atoms. The maximum Gasteiger partial charge on any atom is 0.253 e. The third-order valence-corrected chi connectivity index (χ3v) is 5.80. The number of hydrogen-bond acceptors (Lipinski definition) is 5. The lowest BCUT2D eigenvalue weighted by Gasteiger charge is -2.12. The van der Waals surface area contributed by atoms with Gasteiger partial charge in [-0.1, -0.05) is 31.2 Å². The Hall–Kier alpha value is -3.52. The van der Waals surface area contributed by atoms with Gasteiger partial charge in [0.2, 0.25) is 5.91 Å². The van der Waals surface area contributed by atoms with Gasteiger partial charge in [-0.05, 0) is 44.9 Å². The number of aryl methyl sites for hydroxylation is 1. The smallest absolute Gasteiger partial charge is 0.253 e. The van der Waals surface area contributed by atoms with Gasteiger partial charge in [0, 0.05) is 35.4 Å². The van der Waals surface area contributed by atoms with Crippen LogP contribution in [0.5, 0.6) is 0 Å². The van der Waals surface area contributed by atoms with Gasteiger partial charge in [0.15, 0.2) is 10.9 Å². The topological polar surface area (TPSA) is 93.1 Å². The van der Waals surface area contributed by atoms with Crippen molar-refractivity contribution in [1.29, 1.82) is 0 Å². The normalized spacial score (nSPS) is 12.0. The number of anilines is 1. The van der Waals surface area contributed by atoms with Crippen molar-refractivity contribution in [2.24, 2.45) is 0 Å². The van der Waals surface area contributed by atoms with Crippen molar-refractivity contribution < 1.29 is 14.4 Å². The number of allylic oxidation sites excluding steroid dienone is 1. The van der Waals surface area contributed by atoms with Crippen molar-refractivity contribution >= 4 is 40.1 Å². The highest BCUT2D eigenvalue weighted by Gasteiger charge is 2.19. The van der Waals surface area contributed by atoms with E-state index in [1.807, 2.05) is 53.4 Å². The first-order valence-corrected chi connectivity index (χ1v) is 11.7. The molecule has 7 nitrogen and oxygen atoms in total. The van der Waals surface area contributed by atoms with Crippen molar-refractivity contribution in [3.8, 4) is 11.3 Å². The van der Waals surface area contributed by atoms with E-state index in [4.69, 9.17) is 0 Å². The van der Waals surface area contributed by atoms with Crippen LogP contribution in [0.25, 0.3) is 17.3 Å². The second-order valence-corrected chi connectivity index (χ2v) is 8.58. The maximum absolute atomic E-state index is 12.6. The zero-order valence-corrected chi connectivity index (χ0v) is 20.0. The Kier molecular flexibility index (Phi) is 7.95. The molecule has 0 radical (unpaired) electrons. The number of hydrogen-bond donors (Lipinski definition) is 2. The summed E-state index contributed by atoms with van der Waals surface area (Å²) in [4.78, 5) is 41.5. The van der Waals surface area contributed by atoms with Gasteiger partial charge >= 0.3 is 0 Å². The fourth-order valence-corrected chi connectivity index (χ4v) is 4.06. The lowest BCUT2D eigenvalue weighted by Crippen LogP contribution is -2.41. The summed E-state index contributed by atoms with van der Waals surface area (Å²) < 4.78 is 1.94. The minimum Gasteiger partial charge on any atom is -0.353 e. The highest BCUT2D eigenvalue weighted by Crippen LogP contribution is 2.27. The van der Waals surface area contributed by atoms with E-state index in [0.29, 0.717) is 22.0 Å². The van der Waals surface area contributed by atoms with Crippen LogP contribution in [0.2, 0.25) is 0 Å². The van der Waals surface area contributed by atoms with Gasteiger partial charge < -0.3 is 15.2 Å². The van der Waals surface area contributed by atoms with Crippen LogP contribution in [0, 0.1) is 0 Å². The van der Waals surface area contributed by atoms with Gasteiger partial charge in [-0.25, -0.2) is 4.98 Å². The van der Waals surface area contributed by atoms with Gasteiger partial charge in [0.1, 0.15) is 6.04 Å². The van der Waals surface area contributed by atoms with Crippen molar-refractivity contribution in [1.82, 2.24) is 14.9 Å². The Bertz CT molecular complexity index is 1190. The number of amides is 2. The quantitative estimate of drug-likeness (QED) is 0.435. The number of aromatic nitrogens is 2. The summed E-state index contributed by atoms with van der Waals surface area (Å²) in [5.74, 6) is -0.682. The average molecular weight is 465 g/mol. The van der Waals surface area contributed by atoms with Gasteiger partial charge in [-0.15, -0.1) is 11.3 Å². The third-order valence-electron chi connectivity index (χ3n) is 5.04. The molecule has 1 atom stereocenters. The SMILES string of the molecule is C/C=C\c1ccc(-c2csc(NC(=O)C(C)NC(=O)c3ccn(CCC)c3)n2)cc1C(C)=O. The predicted octanol–water partition coefficient (Wildman–Crippen LogP) is 5.01. The molecule has 0 aliphatic rings. The largest absolute Gasteiger partial charge is 0.353 e. The molecule has 8 heteroatoms. The summed E-state index contributed by atoms with van der Waals surface area (Å²) in [5, 5.41) is 7.72. The molecule has 2 heterocycles. The van der Waals surface area contributed by atoms with Gasteiger partial charge in [0.25, 0.3) is 5.91 Å². The molecule has 172 valence electrons. The van der Waals surface area contributed by atoms with E-state index in [1.165, 1.54) is 18.3 Å². The molecule has 0 saturated carbocycles. The van der Waals surface area contributed by atoms with Crippen molar-refractivity contribution in [3.05, 3.63) is 64.8 Å². The molecule has 0 fully saturated rings. The van der Waals surface area contributed by atoms with E-state index >= 15 is 0 Å². The summed E-state index contributed by atoms with van der Waals surface area (Å²) in [6, 6.07) is 6.60. The molecule has 0 saturated heterocycles. The fraction of sp³-hybridized carbons (Fsp3) is 0.280. The van der Waals surface area contributed by atoms with Crippen molar-refractivity contribution in [2.75, 3.05) is 5.32 Å². The van der Waals surface area contributed by atoms with Crippen LogP contribution in [0.4, 0.5) is 5.13 Å². The Labute approximate surface area is 197 Å². The molecule has 2 amide bonds. The van der Waals surface area contributed by atoms with Crippen LogP contribution >= 0.6 is 11.3 Å². The number of thiazole rings is 1. The summed E-state index contributed by atoms with van der Waals surface area (Å²) in [6.07, 6.45) is 8.37. The molecular weight excluding hydrogens is 436 g/mol. The highest BCUT2D eigenvalue weighted by molar-refractivity contribution is 7.14. The summed E-state index contributed by atoms with van der Waals surface area (Å²) in [6.45, 7) is 7.97. The van der Waals surface area contributed by atoms with Crippen molar-refractivity contribution in [3.63, 3.8) is 0 Å². The first-order valence-electron chi connectivity index (χ1n) is 10.8. The van der Waals surface area contributed by atoms with Crippen LogP contribution in [0.1, 0.15) is 60.4 Å². The number of nitrogens with zero attached hydrogens (tertiary/aromatic N) is 2. The van der Waals surface area contributed by atoms with E-state index in [2.05, 4.69) is 22.5 Å². The molecule has 1 unspecified atom stereocenters. The molecule has 0 aliphatic carbocycles. The number of ketones is 1. The molecule has 33 heavy (non-hydrogen) atoms. The van der Waals surface area contributed by atoms with Crippen LogP contribution in [-0.4, -0.2) is 33.2 Å². The van der Waals surface area contributed by atoms with E-state index in [-0.39, 0.29) is 17.6 Å². The monoisotopic (exact) mass is 464 g/mol. The maximum atomic E-state index is 12.6.